The molecule has 2 aromatic rings. The Morgan fingerprint density at radius 2 is 2.15 bits per heavy atom. The lowest BCUT2D eigenvalue weighted by atomic mass is 10.2. The van der Waals surface area contributed by atoms with Crippen molar-refractivity contribution in [2.45, 2.75) is 26.8 Å². The fourth-order valence-electron chi connectivity index (χ4n) is 1.93. The van der Waals surface area contributed by atoms with Gasteiger partial charge in [-0.2, -0.15) is 0 Å². The van der Waals surface area contributed by atoms with Gasteiger partial charge in [0.1, 0.15) is 5.75 Å². The summed E-state index contributed by atoms with van der Waals surface area (Å²) in [4.78, 5) is 8.76. The molecule has 0 saturated carbocycles. The Labute approximate surface area is 119 Å². The monoisotopic (exact) mass is 272 g/mol. The molecule has 1 aromatic carbocycles. The first-order valence-electron chi connectivity index (χ1n) is 6.81. The molecule has 20 heavy (non-hydrogen) atoms. The molecular weight excluding hydrogens is 252 g/mol. The lowest BCUT2D eigenvalue weighted by Crippen LogP contribution is -2.08. The number of hydrogen-bond acceptors (Lipinski definition) is 5. The Balaban J connectivity index is 2.19. The Morgan fingerprint density at radius 1 is 1.30 bits per heavy atom. The molecule has 0 aliphatic heterocycles. The number of nitrogens with two attached hydrogens (primary N) is 1. The van der Waals surface area contributed by atoms with E-state index >= 15 is 0 Å². The molecule has 106 valence electrons. The van der Waals surface area contributed by atoms with Gasteiger partial charge in [-0.1, -0.05) is 13.0 Å². The van der Waals surface area contributed by atoms with E-state index in [1.54, 1.807) is 0 Å². The van der Waals surface area contributed by atoms with Crippen LogP contribution in [-0.4, -0.2) is 16.6 Å². The van der Waals surface area contributed by atoms with Gasteiger partial charge in [0.15, 0.2) is 0 Å². The van der Waals surface area contributed by atoms with Gasteiger partial charge < -0.3 is 15.8 Å². The number of hydrogen-bond donors (Lipinski definition) is 2. The fourth-order valence-corrected chi connectivity index (χ4v) is 1.93. The molecule has 0 unspecified atom stereocenters. The molecule has 0 atom stereocenters. The van der Waals surface area contributed by atoms with Gasteiger partial charge in [-0.05, 0) is 31.0 Å². The molecule has 5 heteroatoms. The van der Waals surface area contributed by atoms with Crippen molar-refractivity contribution in [3.8, 4) is 5.75 Å². The third-order valence-corrected chi connectivity index (χ3v) is 2.93. The summed E-state index contributed by atoms with van der Waals surface area (Å²) >= 11 is 0. The molecule has 0 amide bonds. The Kier molecular flexibility index (Phi) is 4.90. The minimum atomic E-state index is 0.416. The lowest BCUT2D eigenvalue weighted by molar-refractivity contribution is 0.340. The Morgan fingerprint density at radius 3 is 2.85 bits per heavy atom. The van der Waals surface area contributed by atoms with E-state index in [0.29, 0.717) is 19.1 Å². The first-order chi connectivity index (χ1) is 9.76. The minimum absolute atomic E-state index is 0.416. The maximum Gasteiger partial charge on any atom is 0.227 e. The molecule has 5 nitrogen and oxygen atoms in total. The van der Waals surface area contributed by atoms with Crippen molar-refractivity contribution in [1.82, 2.24) is 9.97 Å². The van der Waals surface area contributed by atoms with Crippen molar-refractivity contribution in [2.24, 2.45) is 5.73 Å². The second-order valence-corrected chi connectivity index (χ2v) is 4.31. The molecule has 1 aromatic heterocycles. The van der Waals surface area contributed by atoms with Gasteiger partial charge in [-0.25, -0.2) is 9.97 Å². The van der Waals surface area contributed by atoms with Gasteiger partial charge in [0.05, 0.1) is 12.3 Å². The summed E-state index contributed by atoms with van der Waals surface area (Å²) in [7, 11) is 0. The average Bonchev–Trinajstić information content (AvgIpc) is 2.48. The smallest absolute Gasteiger partial charge is 0.227 e. The summed E-state index contributed by atoms with van der Waals surface area (Å²) in [5.74, 6) is 1.37. The molecule has 0 radical (unpaired) electrons. The number of rotatable bonds is 6. The summed E-state index contributed by atoms with van der Waals surface area (Å²) < 4.78 is 5.46. The molecule has 0 spiro atoms. The highest BCUT2D eigenvalue weighted by atomic mass is 16.5. The summed E-state index contributed by atoms with van der Waals surface area (Å²) in [5, 5.41) is 3.17. The van der Waals surface area contributed by atoms with Crippen molar-refractivity contribution < 1.29 is 4.74 Å². The number of aromatic nitrogens is 2. The van der Waals surface area contributed by atoms with Gasteiger partial charge >= 0.3 is 0 Å². The van der Waals surface area contributed by atoms with Crippen molar-refractivity contribution in [2.75, 3.05) is 11.9 Å². The molecule has 0 aliphatic carbocycles. The average molecular weight is 272 g/mol. The van der Waals surface area contributed by atoms with Crippen molar-refractivity contribution in [3.63, 3.8) is 0 Å². The van der Waals surface area contributed by atoms with E-state index in [1.807, 2.05) is 37.4 Å². The van der Waals surface area contributed by atoms with E-state index in [-0.39, 0.29) is 0 Å². The minimum Gasteiger partial charge on any atom is -0.494 e. The van der Waals surface area contributed by atoms with Crippen LogP contribution in [0.15, 0.2) is 30.5 Å². The van der Waals surface area contributed by atoms with Crippen LogP contribution >= 0.6 is 0 Å². The standard InChI is InChI=1S/C15H20N4O/c1-3-11-10-17-15(19-14(11)9-16)18-12-6-5-7-13(8-12)20-4-2/h5-8,10H,3-4,9,16H2,1-2H3,(H,17,18,19). The van der Waals surface area contributed by atoms with Gasteiger partial charge in [-0.15, -0.1) is 0 Å². The zero-order valence-corrected chi connectivity index (χ0v) is 11.9. The summed E-state index contributed by atoms with van der Waals surface area (Å²) in [6.07, 6.45) is 2.70. The number of aryl methyl sites for hydroxylation is 1. The summed E-state index contributed by atoms with van der Waals surface area (Å²) in [5.41, 5.74) is 8.57. The van der Waals surface area contributed by atoms with Gasteiger partial charge in [-0.3, -0.25) is 0 Å². The molecule has 0 saturated heterocycles. The lowest BCUT2D eigenvalue weighted by Gasteiger charge is -2.10. The molecule has 0 fully saturated rings. The van der Waals surface area contributed by atoms with Crippen LogP contribution in [0.5, 0.6) is 5.75 Å². The van der Waals surface area contributed by atoms with Crippen molar-refractivity contribution in [1.29, 1.82) is 0 Å². The molecular formula is C15H20N4O. The van der Waals surface area contributed by atoms with Crippen LogP contribution in [0.2, 0.25) is 0 Å². The van der Waals surface area contributed by atoms with Crippen molar-refractivity contribution >= 4 is 11.6 Å². The van der Waals surface area contributed by atoms with Crippen LogP contribution in [0.4, 0.5) is 11.6 Å². The number of nitrogens with zero attached hydrogens (tertiary/aromatic N) is 2. The maximum absolute atomic E-state index is 5.71. The van der Waals surface area contributed by atoms with Gasteiger partial charge in [0.25, 0.3) is 0 Å². The predicted molar refractivity (Wildman–Crippen MR) is 80.2 cm³/mol. The highest BCUT2D eigenvalue weighted by Gasteiger charge is 2.05. The van der Waals surface area contributed by atoms with Crippen molar-refractivity contribution in [3.05, 3.63) is 41.7 Å². The number of nitrogens with one attached hydrogen (secondary N) is 1. The normalized spacial score (nSPS) is 10.3. The quantitative estimate of drug-likeness (QED) is 0.845. The largest absolute Gasteiger partial charge is 0.494 e. The van der Waals surface area contributed by atoms with Crippen LogP contribution in [0.1, 0.15) is 25.1 Å². The molecule has 0 bridgehead atoms. The summed E-state index contributed by atoms with van der Waals surface area (Å²) in [6.45, 7) is 5.08. The SMILES string of the molecule is CCOc1cccc(Nc2ncc(CC)c(CN)n2)c1. The molecule has 2 rings (SSSR count). The highest BCUT2D eigenvalue weighted by molar-refractivity contribution is 5.56. The zero-order chi connectivity index (χ0) is 14.4. The number of anilines is 2. The van der Waals surface area contributed by atoms with E-state index in [0.717, 1.165) is 29.1 Å². The first kappa shape index (κ1) is 14.3. The molecule has 0 aliphatic rings. The van der Waals surface area contributed by atoms with E-state index in [1.165, 1.54) is 0 Å². The molecule has 3 N–H and O–H groups in total. The highest BCUT2D eigenvalue weighted by Crippen LogP contribution is 2.20. The third kappa shape index (κ3) is 3.45. The second kappa shape index (κ2) is 6.86. The topological polar surface area (TPSA) is 73.1 Å². The van der Waals surface area contributed by atoms with Gasteiger partial charge in [0.2, 0.25) is 5.95 Å². The first-order valence-corrected chi connectivity index (χ1v) is 6.81. The zero-order valence-electron chi connectivity index (χ0n) is 11.9. The van der Waals surface area contributed by atoms with E-state index < -0.39 is 0 Å². The van der Waals surface area contributed by atoms with E-state index in [9.17, 15) is 0 Å². The van der Waals surface area contributed by atoms with Crippen LogP contribution < -0.4 is 15.8 Å². The van der Waals surface area contributed by atoms with E-state index in [4.69, 9.17) is 10.5 Å². The number of benzene rings is 1. The predicted octanol–water partition coefficient (Wildman–Crippen LogP) is 2.64. The Bertz CT molecular complexity index is 572. The summed E-state index contributed by atoms with van der Waals surface area (Å²) in [6, 6.07) is 7.71. The van der Waals surface area contributed by atoms with E-state index in [2.05, 4.69) is 22.2 Å². The van der Waals surface area contributed by atoms with Gasteiger partial charge in [0, 0.05) is 24.5 Å². The van der Waals surface area contributed by atoms with Crippen LogP contribution in [-0.2, 0) is 13.0 Å². The second-order valence-electron chi connectivity index (χ2n) is 4.31. The van der Waals surface area contributed by atoms with Crippen LogP contribution in [0.25, 0.3) is 0 Å². The van der Waals surface area contributed by atoms with Crippen LogP contribution in [0.3, 0.4) is 0 Å². The molecule has 1 heterocycles. The maximum atomic E-state index is 5.71. The number of ether oxygens (including phenoxy) is 1. The third-order valence-electron chi connectivity index (χ3n) is 2.93. The van der Waals surface area contributed by atoms with Crippen LogP contribution in [0, 0.1) is 0 Å². The fraction of sp³-hybridized carbons (Fsp3) is 0.333. The Hall–Kier alpha value is -2.14.